The smallest absolute Gasteiger partial charge is 0.0280 e. The van der Waals surface area contributed by atoms with Gasteiger partial charge in [-0.2, -0.15) is 0 Å². The summed E-state index contributed by atoms with van der Waals surface area (Å²) in [6, 6.07) is 5.52. The molecule has 48 valence electrons. The first-order valence-electron chi connectivity index (χ1n) is 3.57. The molecule has 0 radical (unpaired) electrons. The number of rotatable bonds is 0. The van der Waals surface area contributed by atoms with Crippen molar-refractivity contribution in [3.05, 3.63) is 32.7 Å². The van der Waals surface area contributed by atoms with E-state index in [1.165, 1.54) is 0 Å². The molecule has 0 N–H and O–H groups in total. The topological polar surface area (TPSA) is 0 Å². The van der Waals surface area contributed by atoms with Gasteiger partial charge in [-0.15, -0.1) is 0 Å². The highest BCUT2D eigenvalue weighted by molar-refractivity contribution is 9.11. The molecule has 0 heterocycles. The van der Waals surface area contributed by atoms with E-state index >= 15 is 0 Å². The Balaban J connectivity index is 3.21. The lowest BCUT2D eigenvalue weighted by Crippen LogP contribution is -1.74. The minimum Gasteiger partial charge on any atom is -0.0600 e. The molecule has 0 amide bonds. The Morgan fingerprint density at radius 3 is 2.22 bits per heavy atom. The molecular weight excluding hydrogens is 244 g/mol. The molecule has 0 saturated carbocycles. The van der Waals surface area contributed by atoms with Crippen molar-refractivity contribution < 1.29 is 2.74 Å². The molecule has 0 aliphatic heterocycles. The summed E-state index contributed by atoms with van der Waals surface area (Å²) in [6.45, 7) is -0.944. The van der Waals surface area contributed by atoms with Crippen LogP contribution in [0.15, 0.2) is 27.1 Å². The van der Waals surface area contributed by atoms with Crippen LogP contribution in [0.25, 0.3) is 0 Å². The molecule has 0 fully saturated rings. The fourth-order valence-corrected chi connectivity index (χ4v) is 1.51. The zero-order valence-corrected chi connectivity index (χ0v) is 7.74. The van der Waals surface area contributed by atoms with E-state index in [2.05, 4.69) is 31.9 Å². The molecule has 0 unspecified atom stereocenters. The summed E-state index contributed by atoms with van der Waals surface area (Å²) < 4.78 is 16.0. The number of benzene rings is 1. The average Bonchev–Trinajstić information content (AvgIpc) is 1.85. The molecule has 0 aliphatic rings. The van der Waals surface area contributed by atoms with Crippen LogP contribution in [-0.4, -0.2) is 0 Å². The fourth-order valence-electron chi connectivity index (χ4n) is 0.511. The van der Waals surface area contributed by atoms with Crippen LogP contribution in [0.2, 0.25) is 0 Å². The Labute approximate surface area is 74.3 Å². The molecule has 1 rings (SSSR count). The molecular formula is C7H6Br2. The van der Waals surface area contributed by atoms with E-state index < -0.39 is 6.88 Å². The fraction of sp³-hybridized carbons (Fsp3) is 0.143. The van der Waals surface area contributed by atoms with Gasteiger partial charge >= 0.3 is 0 Å². The Bertz CT molecular complexity index is 240. The third-order valence-corrected chi connectivity index (χ3v) is 2.38. The third kappa shape index (κ3) is 1.55. The third-order valence-electron chi connectivity index (χ3n) is 1.000. The van der Waals surface area contributed by atoms with Gasteiger partial charge in [0, 0.05) is 11.7 Å². The Morgan fingerprint density at radius 1 is 1.33 bits per heavy atom. The van der Waals surface area contributed by atoms with Gasteiger partial charge in [-0.05, 0) is 24.6 Å². The van der Waals surface area contributed by atoms with Gasteiger partial charge in [0.25, 0.3) is 0 Å². The van der Waals surface area contributed by atoms with Crippen molar-refractivity contribution in [1.29, 1.82) is 0 Å². The first-order valence-corrected chi connectivity index (χ1v) is 4.00. The SMILES string of the molecule is [2H]C([2H])c1c(Br)cccc1Br. The van der Waals surface area contributed by atoms with Gasteiger partial charge in [-0.25, -0.2) is 0 Å². The summed E-state index contributed by atoms with van der Waals surface area (Å²) in [5, 5.41) is 0. The standard InChI is InChI=1S/C7H6Br2/c1-5-6(8)3-2-4-7(5)9/h2-4H,1H3/i1D2. The maximum absolute atomic E-state index is 7.21. The predicted octanol–water partition coefficient (Wildman–Crippen LogP) is 3.52. The monoisotopic (exact) mass is 250 g/mol. The highest BCUT2D eigenvalue weighted by Gasteiger charge is 1.95. The maximum Gasteiger partial charge on any atom is 0.0280 e. The van der Waals surface area contributed by atoms with E-state index in [-0.39, 0.29) is 0 Å². The van der Waals surface area contributed by atoms with Crippen LogP contribution in [0.5, 0.6) is 0 Å². The molecule has 0 aromatic heterocycles. The van der Waals surface area contributed by atoms with Gasteiger partial charge in [-0.3, -0.25) is 0 Å². The second kappa shape index (κ2) is 2.84. The minimum absolute atomic E-state index is 0.674. The second-order valence-corrected chi connectivity index (χ2v) is 3.34. The first-order chi connectivity index (χ1) is 5.13. The van der Waals surface area contributed by atoms with E-state index in [0.29, 0.717) is 5.56 Å². The Kier molecular flexibility index (Phi) is 1.55. The zero-order chi connectivity index (χ0) is 8.43. The highest BCUT2D eigenvalue weighted by atomic mass is 79.9. The molecule has 0 atom stereocenters. The molecule has 9 heavy (non-hydrogen) atoms. The molecule has 0 bridgehead atoms. The summed E-state index contributed by atoms with van der Waals surface area (Å²) in [5.74, 6) is 0. The van der Waals surface area contributed by atoms with Gasteiger partial charge in [0.1, 0.15) is 0 Å². The molecule has 0 saturated heterocycles. The van der Waals surface area contributed by atoms with E-state index in [9.17, 15) is 0 Å². The van der Waals surface area contributed by atoms with Crippen molar-refractivity contribution in [1.82, 2.24) is 0 Å². The van der Waals surface area contributed by atoms with Crippen LogP contribution in [0.3, 0.4) is 0 Å². The van der Waals surface area contributed by atoms with Crippen LogP contribution >= 0.6 is 31.9 Å². The van der Waals surface area contributed by atoms with Crippen LogP contribution in [0.4, 0.5) is 0 Å². The van der Waals surface area contributed by atoms with Gasteiger partial charge in [0.2, 0.25) is 0 Å². The van der Waals surface area contributed by atoms with Crippen molar-refractivity contribution in [2.75, 3.05) is 0 Å². The van der Waals surface area contributed by atoms with Crippen molar-refractivity contribution in [2.24, 2.45) is 0 Å². The van der Waals surface area contributed by atoms with Gasteiger partial charge in [0.15, 0.2) is 0 Å². The van der Waals surface area contributed by atoms with E-state index in [0.717, 1.165) is 8.95 Å². The Hall–Kier alpha value is 0.180. The molecule has 1 aromatic carbocycles. The van der Waals surface area contributed by atoms with E-state index in [4.69, 9.17) is 2.74 Å². The lowest BCUT2D eigenvalue weighted by Gasteiger charge is -1.97. The van der Waals surface area contributed by atoms with Crippen molar-refractivity contribution in [3.8, 4) is 0 Å². The van der Waals surface area contributed by atoms with Crippen LogP contribution in [0.1, 0.15) is 8.30 Å². The van der Waals surface area contributed by atoms with Crippen LogP contribution < -0.4 is 0 Å². The van der Waals surface area contributed by atoms with Gasteiger partial charge in [0.05, 0.1) is 0 Å². The Morgan fingerprint density at radius 2 is 1.89 bits per heavy atom. The zero-order valence-electron chi connectivity index (χ0n) is 6.57. The van der Waals surface area contributed by atoms with Crippen molar-refractivity contribution in [2.45, 2.75) is 6.88 Å². The van der Waals surface area contributed by atoms with E-state index in [1.807, 2.05) is 18.2 Å². The molecule has 1 aromatic rings. The summed E-state index contributed by atoms with van der Waals surface area (Å²) in [5.41, 5.74) is 0.674. The van der Waals surface area contributed by atoms with Crippen LogP contribution in [-0.2, 0) is 0 Å². The van der Waals surface area contributed by atoms with Crippen molar-refractivity contribution >= 4 is 31.9 Å². The van der Waals surface area contributed by atoms with E-state index in [1.54, 1.807) is 0 Å². The molecule has 2 heteroatoms. The maximum atomic E-state index is 7.21. The molecule has 0 nitrogen and oxygen atoms in total. The van der Waals surface area contributed by atoms with Gasteiger partial charge in [-0.1, -0.05) is 37.9 Å². The predicted molar refractivity (Wildman–Crippen MR) is 46.6 cm³/mol. The highest BCUT2D eigenvalue weighted by Crippen LogP contribution is 2.23. The average molecular weight is 252 g/mol. The van der Waals surface area contributed by atoms with Crippen LogP contribution in [0, 0.1) is 6.88 Å². The summed E-state index contributed by atoms with van der Waals surface area (Å²) in [7, 11) is 0. The normalized spacial score (nSPS) is 13.2. The van der Waals surface area contributed by atoms with Gasteiger partial charge < -0.3 is 0 Å². The quantitative estimate of drug-likeness (QED) is 0.662. The lowest BCUT2D eigenvalue weighted by atomic mass is 10.2. The first kappa shape index (κ1) is 4.91. The molecule has 0 aliphatic carbocycles. The second-order valence-electron chi connectivity index (χ2n) is 1.64. The number of hydrogen-bond acceptors (Lipinski definition) is 0. The summed E-state index contributed by atoms with van der Waals surface area (Å²) in [6.07, 6.45) is 0. The summed E-state index contributed by atoms with van der Waals surface area (Å²) >= 11 is 6.56. The number of hydrogen-bond donors (Lipinski definition) is 0. The molecule has 0 spiro atoms. The summed E-state index contributed by atoms with van der Waals surface area (Å²) in [4.78, 5) is 0. The van der Waals surface area contributed by atoms with Crippen molar-refractivity contribution in [3.63, 3.8) is 0 Å². The lowest BCUT2D eigenvalue weighted by molar-refractivity contribution is 1.40. The number of halogens is 2. The minimum atomic E-state index is -0.944. The largest absolute Gasteiger partial charge is 0.0600 e.